The molecule has 11 heteroatoms. The molecule has 1 N–H and O–H groups in total. The Labute approximate surface area is 209 Å². The molecule has 0 saturated carbocycles. The van der Waals surface area contributed by atoms with E-state index in [1.807, 2.05) is 13.0 Å². The van der Waals surface area contributed by atoms with Crippen LogP contribution in [0.1, 0.15) is 29.3 Å². The van der Waals surface area contributed by atoms with Crippen LogP contribution in [0.2, 0.25) is 0 Å². The van der Waals surface area contributed by atoms with E-state index in [1.54, 1.807) is 39.0 Å². The minimum atomic E-state index is -0.601. The Morgan fingerprint density at radius 1 is 1.09 bits per heavy atom. The van der Waals surface area contributed by atoms with Crippen LogP contribution in [0.15, 0.2) is 34.1 Å². The summed E-state index contributed by atoms with van der Waals surface area (Å²) >= 11 is 4.62. The molecule has 4 rings (SSSR count). The first-order valence-corrected chi connectivity index (χ1v) is 12.5. The summed E-state index contributed by atoms with van der Waals surface area (Å²) in [5.74, 6) is -0.172. The van der Waals surface area contributed by atoms with Crippen LogP contribution in [0.3, 0.4) is 0 Å². The van der Waals surface area contributed by atoms with Crippen LogP contribution in [0.4, 0.5) is 10.5 Å². The molecule has 34 heavy (non-hydrogen) atoms. The quantitative estimate of drug-likeness (QED) is 0.633. The number of ether oxygens (including phenoxy) is 1. The lowest BCUT2D eigenvalue weighted by atomic mass is 10.1. The van der Waals surface area contributed by atoms with Crippen molar-refractivity contribution < 1.29 is 23.9 Å². The second-order valence-electron chi connectivity index (χ2n) is 8.30. The molecule has 2 aromatic rings. The van der Waals surface area contributed by atoms with Crippen molar-refractivity contribution in [3.8, 4) is 5.06 Å². The number of amides is 4. The average Bonchev–Trinajstić information content (AvgIpc) is 3.37. The summed E-state index contributed by atoms with van der Waals surface area (Å²) in [6.45, 7) is 5.75. The van der Waals surface area contributed by atoms with Crippen molar-refractivity contribution in [3.63, 3.8) is 0 Å². The van der Waals surface area contributed by atoms with Gasteiger partial charge in [-0.05, 0) is 58.7 Å². The van der Waals surface area contributed by atoms with Crippen LogP contribution < -0.4 is 15.0 Å². The molecular weight excluding hydrogens is 524 g/mol. The third-order valence-corrected chi connectivity index (χ3v) is 7.45. The molecular formula is C23H25BrN4O5S. The van der Waals surface area contributed by atoms with E-state index in [4.69, 9.17) is 4.74 Å². The molecule has 9 nitrogen and oxygen atoms in total. The van der Waals surface area contributed by atoms with Gasteiger partial charge in [0, 0.05) is 57.3 Å². The number of piperazine rings is 1. The molecule has 0 aliphatic carbocycles. The van der Waals surface area contributed by atoms with Gasteiger partial charge in [0.15, 0.2) is 5.06 Å². The highest BCUT2D eigenvalue weighted by Gasteiger charge is 2.33. The predicted octanol–water partition coefficient (Wildman–Crippen LogP) is 3.02. The van der Waals surface area contributed by atoms with Crippen molar-refractivity contribution in [2.75, 3.05) is 37.6 Å². The molecule has 2 aliphatic rings. The molecule has 2 saturated heterocycles. The zero-order valence-corrected chi connectivity index (χ0v) is 21.3. The molecule has 0 spiro atoms. The SMILES string of the molecule is CC(=O)N1CCN(C(=O)c2ccc(N3C[C@H](NC(=O)Oc4ccc(Br)s4)CC3=O)cc2C)CC1. The fraction of sp³-hybridized carbons (Fsp3) is 0.391. The summed E-state index contributed by atoms with van der Waals surface area (Å²) in [7, 11) is 0. The van der Waals surface area contributed by atoms with Gasteiger partial charge in [-0.25, -0.2) is 4.79 Å². The van der Waals surface area contributed by atoms with Gasteiger partial charge in [0.2, 0.25) is 11.8 Å². The van der Waals surface area contributed by atoms with Gasteiger partial charge in [-0.1, -0.05) is 11.3 Å². The van der Waals surface area contributed by atoms with Crippen LogP contribution in [0.5, 0.6) is 5.06 Å². The number of rotatable bonds is 4. The minimum absolute atomic E-state index is 0.0172. The van der Waals surface area contributed by atoms with E-state index in [-0.39, 0.29) is 30.2 Å². The number of thiophene rings is 1. The van der Waals surface area contributed by atoms with E-state index in [0.717, 1.165) is 9.35 Å². The highest BCUT2D eigenvalue weighted by atomic mass is 79.9. The van der Waals surface area contributed by atoms with Crippen molar-refractivity contribution in [1.29, 1.82) is 0 Å². The van der Waals surface area contributed by atoms with Gasteiger partial charge < -0.3 is 24.8 Å². The summed E-state index contributed by atoms with van der Waals surface area (Å²) in [5, 5.41) is 3.21. The van der Waals surface area contributed by atoms with Gasteiger partial charge in [0.1, 0.15) is 0 Å². The minimum Gasteiger partial charge on any atom is -0.399 e. The number of anilines is 1. The van der Waals surface area contributed by atoms with E-state index < -0.39 is 6.09 Å². The van der Waals surface area contributed by atoms with E-state index in [9.17, 15) is 19.2 Å². The Kier molecular flexibility index (Phi) is 7.22. The number of carbonyl (C=O) groups is 4. The molecule has 1 aromatic heterocycles. The number of halogens is 1. The molecule has 0 unspecified atom stereocenters. The van der Waals surface area contributed by atoms with Crippen molar-refractivity contribution in [2.45, 2.75) is 26.3 Å². The van der Waals surface area contributed by atoms with Crippen LogP contribution in [-0.2, 0) is 9.59 Å². The summed E-state index contributed by atoms with van der Waals surface area (Å²) in [6.07, 6.45) is -0.431. The fourth-order valence-electron chi connectivity index (χ4n) is 4.14. The average molecular weight is 549 g/mol. The smallest absolute Gasteiger partial charge is 0.399 e. The second kappa shape index (κ2) is 10.1. The van der Waals surface area contributed by atoms with Crippen LogP contribution >= 0.6 is 27.3 Å². The Bertz CT molecular complexity index is 1130. The lowest BCUT2D eigenvalue weighted by molar-refractivity contribution is -0.130. The Morgan fingerprint density at radius 2 is 1.79 bits per heavy atom. The standard InChI is InChI=1S/C23H25BrN4O5S/c1-14-11-17(3-4-18(14)22(31)27-9-7-26(8-10-27)15(2)29)28-13-16(12-20(28)30)25-23(32)33-21-6-5-19(24)34-21/h3-6,11,16H,7-10,12-13H2,1-2H3,(H,25,32)/t16-/m1/s1. The molecule has 3 heterocycles. The number of aryl methyl sites for hydroxylation is 1. The van der Waals surface area contributed by atoms with Gasteiger partial charge in [0.05, 0.1) is 9.83 Å². The summed E-state index contributed by atoms with van der Waals surface area (Å²) in [5.41, 5.74) is 2.02. The number of hydrogen-bond acceptors (Lipinski definition) is 6. The van der Waals surface area contributed by atoms with Gasteiger partial charge in [0.25, 0.3) is 5.91 Å². The maximum Gasteiger partial charge on any atom is 0.413 e. The van der Waals surface area contributed by atoms with Gasteiger partial charge in [-0.3, -0.25) is 14.4 Å². The van der Waals surface area contributed by atoms with Crippen LogP contribution in [0.25, 0.3) is 0 Å². The molecule has 180 valence electrons. The van der Waals surface area contributed by atoms with Crippen LogP contribution in [-0.4, -0.2) is 72.4 Å². The second-order valence-corrected chi connectivity index (χ2v) is 10.7. The van der Waals surface area contributed by atoms with Gasteiger partial charge in [-0.15, -0.1) is 0 Å². The Morgan fingerprint density at radius 3 is 2.41 bits per heavy atom. The monoisotopic (exact) mass is 548 g/mol. The topological polar surface area (TPSA) is 99.3 Å². The van der Waals surface area contributed by atoms with Crippen LogP contribution in [0, 0.1) is 6.92 Å². The third-order valence-electron chi connectivity index (χ3n) is 5.95. The van der Waals surface area contributed by atoms with E-state index in [1.165, 1.54) is 18.3 Å². The maximum atomic E-state index is 13.0. The maximum absolute atomic E-state index is 13.0. The first-order valence-electron chi connectivity index (χ1n) is 10.9. The summed E-state index contributed by atoms with van der Waals surface area (Å²) in [4.78, 5) is 54.4. The van der Waals surface area contributed by atoms with E-state index in [0.29, 0.717) is 49.0 Å². The lowest BCUT2D eigenvalue weighted by Crippen LogP contribution is -2.50. The third kappa shape index (κ3) is 5.41. The van der Waals surface area contributed by atoms with Crippen molar-refractivity contribution >= 4 is 56.8 Å². The number of nitrogens with one attached hydrogen (secondary N) is 1. The summed E-state index contributed by atoms with van der Waals surface area (Å²) < 4.78 is 6.11. The largest absolute Gasteiger partial charge is 0.413 e. The Balaban J connectivity index is 1.36. The number of hydrogen-bond donors (Lipinski definition) is 1. The zero-order valence-electron chi connectivity index (χ0n) is 18.9. The lowest BCUT2D eigenvalue weighted by Gasteiger charge is -2.34. The summed E-state index contributed by atoms with van der Waals surface area (Å²) in [6, 6.07) is 8.42. The first-order chi connectivity index (χ1) is 16.2. The first kappa shape index (κ1) is 24.2. The van der Waals surface area contributed by atoms with E-state index >= 15 is 0 Å². The van der Waals surface area contributed by atoms with Crippen molar-refractivity contribution in [2.24, 2.45) is 0 Å². The van der Waals surface area contributed by atoms with Crippen molar-refractivity contribution in [3.05, 3.63) is 45.2 Å². The molecule has 1 aromatic carbocycles. The number of carbonyl (C=O) groups excluding carboxylic acids is 4. The highest BCUT2D eigenvalue weighted by molar-refractivity contribution is 9.11. The molecule has 2 aliphatic heterocycles. The Hall–Kier alpha value is -2.92. The fourth-order valence-corrected chi connectivity index (χ4v) is 5.34. The molecule has 0 radical (unpaired) electrons. The van der Waals surface area contributed by atoms with Gasteiger partial charge in [-0.2, -0.15) is 0 Å². The van der Waals surface area contributed by atoms with Gasteiger partial charge >= 0.3 is 6.09 Å². The predicted molar refractivity (Wildman–Crippen MR) is 131 cm³/mol. The number of nitrogens with zero attached hydrogens (tertiary/aromatic N) is 3. The molecule has 2 fully saturated rings. The van der Waals surface area contributed by atoms with E-state index in [2.05, 4.69) is 21.2 Å². The zero-order chi connectivity index (χ0) is 24.4. The molecule has 0 bridgehead atoms. The highest BCUT2D eigenvalue weighted by Crippen LogP contribution is 2.29. The molecule has 1 atom stereocenters. The normalized spacial score (nSPS) is 18.3. The number of benzene rings is 1. The van der Waals surface area contributed by atoms with Crippen molar-refractivity contribution in [1.82, 2.24) is 15.1 Å². The molecule has 4 amide bonds.